The first kappa shape index (κ1) is 26.9. The number of anilines is 1. The molecule has 1 aliphatic rings. The summed E-state index contributed by atoms with van der Waals surface area (Å²) in [4.78, 5) is 46.5. The molecular weight excluding hydrogens is 520 g/mol. The molecule has 40 heavy (non-hydrogen) atoms. The number of amides is 1. The third-order valence-electron chi connectivity index (χ3n) is 7.16. The average molecular weight is 548 g/mol. The Bertz CT molecular complexity index is 1730. The maximum atomic E-state index is 15.8. The molecule has 1 N–H and O–H groups in total. The highest BCUT2D eigenvalue weighted by molar-refractivity contribution is 5.91. The fourth-order valence-electron chi connectivity index (χ4n) is 5.11. The Labute approximate surface area is 228 Å². The van der Waals surface area contributed by atoms with Crippen LogP contribution < -0.4 is 10.6 Å². The van der Waals surface area contributed by atoms with Crippen LogP contribution >= 0.6 is 0 Å². The van der Waals surface area contributed by atoms with Gasteiger partial charge in [0.15, 0.2) is 11.5 Å². The Balaban J connectivity index is 1.82. The van der Waals surface area contributed by atoms with E-state index >= 15 is 4.39 Å². The molecule has 4 aromatic rings. The van der Waals surface area contributed by atoms with Crippen LogP contribution in [-0.2, 0) is 4.79 Å². The fourth-order valence-corrected chi connectivity index (χ4v) is 5.11. The van der Waals surface area contributed by atoms with Gasteiger partial charge in [0.1, 0.15) is 29.4 Å². The number of piperazine rings is 1. The van der Waals surface area contributed by atoms with Crippen molar-refractivity contribution in [3.8, 4) is 22.7 Å². The average Bonchev–Trinajstić information content (AvgIpc) is 2.92. The number of fused-ring (bicyclic) bond motifs is 1. The first-order valence-electron chi connectivity index (χ1n) is 12.6. The predicted octanol–water partition coefficient (Wildman–Crippen LogP) is 3.37. The Hall–Kier alpha value is -4.74. The highest BCUT2D eigenvalue weighted by atomic mass is 19.1. The van der Waals surface area contributed by atoms with Crippen molar-refractivity contribution in [3.63, 3.8) is 0 Å². The molecule has 1 atom stereocenters. The van der Waals surface area contributed by atoms with Crippen molar-refractivity contribution in [2.45, 2.75) is 33.7 Å². The minimum Gasteiger partial charge on any atom is -0.507 e. The maximum absolute atomic E-state index is 15.8. The second kappa shape index (κ2) is 10.1. The fraction of sp³-hybridized carbons (Fsp3) is 0.286. The minimum atomic E-state index is -0.911. The number of carbonyl (C=O) groups is 1. The van der Waals surface area contributed by atoms with Gasteiger partial charge in [-0.3, -0.25) is 4.79 Å². The van der Waals surface area contributed by atoms with E-state index < -0.39 is 34.3 Å². The van der Waals surface area contributed by atoms with Gasteiger partial charge in [0.25, 0.3) is 0 Å². The second-order valence-electron chi connectivity index (χ2n) is 9.76. The lowest BCUT2D eigenvalue weighted by atomic mass is 10.0. The van der Waals surface area contributed by atoms with Crippen LogP contribution in [0.5, 0.6) is 5.75 Å². The normalized spacial score (nSPS) is 15.5. The van der Waals surface area contributed by atoms with Gasteiger partial charge >= 0.3 is 5.69 Å². The highest BCUT2D eigenvalue weighted by Crippen LogP contribution is 2.37. The molecule has 4 heterocycles. The molecule has 3 aromatic heterocycles. The highest BCUT2D eigenvalue weighted by Gasteiger charge is 2.31. The van der Waals surface area contributed by atoms with Crippen molar-refractivity contribution in [3.05, 3.63) is 76.3 Å². The monoisotopic (exact) mass is 547 g/mol. The zero-order chi connectivity index (χ0) is 28.9. The lowest BCUT2D eigenvalue weighted by Crippen LogP contribution is -2.54. The third-order valence-corrected chi connectivity index (χ3v) is 7.16. The van der Waals surface area contributed by atoms with Gasteiger partial charge in [0.05, 0.1) is 28.0 Å². The molecule has 12 heteroatoms. The number of carbonyl (C=O) groups excluding carboxylic acids is 1. The van der Waals surface area contributed by atoms with E-state index in [9.17, 15) is 19.1 Å². The number of phenols is 1. The molecule has 0 unspecified atom stereocenters. The van der Waals surface area contributed by atoms with E-state index in [2.05, 4.69) is 26.5 Å². The number of phenolic OH excluding ortho intramolecular Hbond substituents is 1. The number of aryl methyl sites for hydroxylation is 3. The van der Waals surface area contributed by atoms with Crippen molar-refractivity contribution >= 4 is 22.8 Å². The zero-order valence-electron chi connectivity index (χ0n) is 22.4. The molecule has 0 aliphatic carbocycles. The molecule has 1 aliphatic heterocycles. The van der Waals surface area contributed by atoms with Crippen molar-refractivity contribution in [2.75, 3.05) is 24.5 Å². The summed E-state index contributed by atoms with van der Waals surface area (Å²) in [5.74, 6) is -2.28. The van der Waals surface area contributed by atoms with E-state index in [1.807, 2.05) is 11.8 Å². The number of aromatic hydroxyl groups is 1. The number of aromatic nitrogens is 5. The van der Waals surface area contributed by atoms with Crippen molar-refractivity contribution in [1.82, 2.24) is 29.4 Å². The summed E-state index contributed by atoms with van der Waals surface area (Å²) < 4.78 is 31.9. The van der Waals surface area contributed by atoms with Crippen LogP contribution in [0.2, 0.25) is 0 Å². The molecule has 206 valence electrons. The van der Waals surface area contributed by atoms with Crippen LogP contribution in [-0.4, -0.2) is 66.1 Å². The number of rotatable bonds is 4. The van der Waals surface area contributed by atoms with E-state index in [4.69, 9.17) is 0 Å². The number of benzene rings is 1. The van der Waals surface area contributed by atoms with Crippen molar-refractivity contribution in [2.24, 2.45) is 0 Å². The molecule has 1 aromatic carbocycles. The lowest BCUT2D eigenvalue weighted by Gasteiger charge is -2.40. The Morgan fingerprint density at radius 2 is 1.80 bits per heavy atom. The van der Waals surface area contributed by atoms with Gasteiger partial charge in [-0.25, -0.2) is 33.1 Å². The summed E-state index contributed by atoms with van der Waals surface area (Å²) in [6.45, 7) is 11.3. The first-order chi connectivity index (χ1) is 19.0. The van der Waals surface area contributed by atoms with Gasteiger partial charge in [-0.15, -0.1) is 0 Å². The summed E-state index contributed by atoms with van der Waals surface area (Å²) >= 11 is 0. The topological polar surface area (TPSA) is 117 Å². The number of nitrogens with zero attached hydrogens (tertiary/aromatic N) is 7. The van der Waals surface area contributed by atoms with Gasteiger partial charge < -0.3 is 14.9 Å². The first-order valence-corrected chi connectivity index (χ1v) is 12.6. The van der Waals surface area contributed by atoms with E-state index in [-0.39, 0.29) is 28.8 Å². The Morgan fingerprint density at radius 3 is 2.45 bits per heavy atom. The molecule has 1 fully saturated rings. The SMILES string of the molecule is C=CC(=O)N1CCN(c2nc(=O)n(-c3c(C)ncnc3C)c3nc(-c4c(F)ccc(C)c4O)c(F)cc23)[C@@H](C)C1. The van der Waals surface area contributed by atoms with Crippen LogP contribution in [0.4, 0.5) is 14.6 Å². The van der Waals surface area contributed by atoms with Crippen LogP contribution in [0.25, 0.3) is 28.0 Å². The van der Waals surface area contributed by atoms with Crippen LogP contribution in [0.15, 0.2) is 42.0 Å². The summed E-state index contributed by atoms with van der Waals surface area (Å²) in [6.07, 6.45) is 2.60. The van der Waals surface area contributed by atoms with Gasteiger partial charge in [0, 0.05) is 25.7 Å². The zero-order valence-corrected chi connectivity index (χ0v) is 22.4. The molecule has 1 amide bonds. The number of hydrogen-bond donors (Lipinski definition) is 1. The van der Waals surface area contributed by atoms with E-state index in [0.717, 1.165) is 12.1 Å². The summed E-state index contributed by atoms with van der Waals surface area (Å²) in [6, 6.07) is 3.34. The quantitative estimate of drug-likeness (QED) is 0.387. The van der Waals surface area contributed by atoms with Gasteiger partial charge in [-0.2, -0.15) is 4.98 Å². The smallest absolute Gasteiger partial charge is 0.355 e. The lowest BCUT2D eigenvalue weighted by molar-refractivity contribution is -0.126. The van der Waals surface area contributed by atoms with Crippen LogP contribution in [0.3, 0.4) is 0 Å². The summed E-state index contributed by atoms with van der Waals surface area (Å²) in [5, 5.41) is 10.8. The van der Waals surface area contributed by atoms with E-state index in [1.165, 1.54) is 23.0 Å². The molecule has 10 nitrogen and oxygen atoms in total. The van der Waals surface area contributed by atoms with E-state index in [1.54, 1.807) is 25.7 Å². The van der Waals surface area contributed by atoms with Gasteiger partial charge in [-0.1, -0.05) is 12.6 Å². The van der Waals surface area contributed by atoms with E-state index in [0.29, 0.717) is 42.3 Å². The minimum absolute atomic E-state index is 0.00972. The maximum Gasteiger partial charge on any atom is 0.355 e. The summed E-state index contributed by atoms with van der Waals surface area (Å²) in [7, 11) is 0. The molecule has 1 saturated heterocycles. The molecule has 0 spiro atoms. The van der Waals surface area contributed by atoms with Crippen LogP contribution in [0.1, 0.15) is 23.9 Å². The number of halogens is 2. The Kier molecular flexibility index (Phi) is 6.78. The second-order valence-corrected chi connectivity index (χ2v) is 9.76. The van der Waals surface area contributed by atoms with Gasteiger partial charge in [-0.05, 0) is 51.5 Å². The van der Waals surface area contributed by atoms with Crippen LogP contribution in [0, 0.1) is 32.4 Å². The molecule has 5 rings (SSSR count). The van der Waals surface area contributed by atoms with Crippen molar-refractivity contribution < 1.29 is 18.7 Å². The number of pyridine rings is 1. The molecule has 0 bridgehead atoms. The standard InChI is InChI=1S/C28H27F2N7O3/c1-6-21(38)35-9-10-36(15(3)12-35)26-18-11-20(30)23(22-19(29)8-7-14(2)25(22)39)33-27(18)37(28(40)34-26)24-16(4)31-13-32-17(24)5/h6-8,11,13,15,39H,1,9-10,12H2,2-5H3/t15-/m0/s1. The summed E-state index contributed by atoms with van der Waals surface area (Å²) in [5.41, 5.74) is -0.0685. The largest absolute Gasteiger partial charge is 0.507 e. The van der Waals surface area contributed by atoms with Crippen molar-refractivity contribution in [1.29, 1.82) is 0 Å². The number of hydrogen-bond acceptors (Lipinski definition) is 8. The molecular formula is C28H27F2N7O3. The predicted molar refractivity (Wildman–Crippen MR) is 146 cm³/mol. The molecule has 0 radical (unpaired) electrons. The Morgan fingerprint density at radius 1 is 1.10 bits per heavy atom. The molecule has 0 saturated carbocycles. The third kappa shape index (κ3) is 4.34. The van der Waals surface area contributed by atoms with Gasteiger partial charge in [0.2, 0.25) is 5.91 Å².